The minimum absolute atomic E-state index is 0.0622. The molecule has 6 heteroatoms. The van der Waals surface area contributed by atoms with Gasteiger partial charge in [-0.25, -0.2) is 0 Å². The first-order valence-corrected chi connectivity index (χ1v) is 33.6. The lowest BCUT2D eigenvalue weighted by Gasteiger charge is -2.18. The van der Waals surface area contributed by atoms with Crippen LogP contribution < -0.4 is 0 Å². The lowest BCUT2D eigenvalue weighted by Crippen LogP contribution is -2.30. The van der Waals surface area contributed by atoms with Crippen molar-refractivity contribution in [3.05, 3.63) is 0 Å². The van der Waals surface area contributed by atoms with Crippen LogP contribution in [0.1, 0.15) is 382 Å². The number of unbranched alkanes of at least 4 members (excludes halogenated alkanes) is 43. The normalized spacial score (nSPS) is 12.5. The number of esters is 3. The third-order valence-electron chi connectivity index (χ3n) is 16.0. The summed E-state index contributed by atoms with van der Waals surface area (Å²) in [7, 11) is 0. The molecule has 0 N–H and O–H groups in total. The zero-order valence-electron chi connectivity index (χ0n) is 51.1. The molecule has 0 amide bonds. The van der Waals surface area contributed by atoms with Crippen molar-refractivity contribution in [1.82, 2.24) is 0 Å². The predicted molar refractivity (Wildman–Crippen MR) is 321 cm³/mol. The largest absolute Gasteiger partial charge is 0.462 e. The van der Waals surface area contributed by atoms with Gasteiger partial charge in [-0.3, -0.25) is 14.4 Å². The third kappa shape index (κ3) is 59.7. The zero-order chi connectivity index (χ0) is 54.1. The molecular weight excluding hydrogens is 913 g/mol. The first-order chi connectivity index (χ1) is 36.1. The molecule has 1 unspecified atom stereocenters. The number of rotatable bonds is 61. The maximum absolute atomic E-state index is 12.9. The summed E-state index contributed by atoms with van der Waals surface area (Å²) in [5, 5.41) is 0. The number of carbonyl (C=O) groups is 3. The lowest BCUT2D eigenvalue weighted by molar-refractivity contribution is -0.167. The fourth-order valence-corrected chi connectivity index (χ4v) is 10.6. The summed E-state index contributed by atoms with van der Waals surface area (Å²) in [5.41, 5.74) is 0. The molecule has 0 aliphatic rings. The molecule has 0 radical (unpaired) electrons. The van der Waals surface area contributed by atoms with Gasteiger partial charge in [0.05, 0.1) is 0 Å². The van der Waals surface area contributed by atoms with Gasteiger partial charge in [-0.15, -0.1) is 0 Å². The SMILES string of the molecule is CCC(C)CCCCCCCCCCCCCCCCCCCCC(=O)OC[C@@H](COC(=O)CCCCCCCCCCCCCCCC(C)C)OC(=O)CCCCCCCCCCCCCCCCCC(C)C. The first-order valence-electron chi connectivity index (χ1n) is 33.6. The van der Waals surface area contributed by atoms with Crippen LogP contribution in [0.15, 0.2) is 0 Å². The van der Waals surface area contributed by atoms with Crippen molar-refractivity contribution in [2.75, 3.05) is 13.2 Å². The van der Waals surface area contributed by atoms with Crippen molar-refractivity contribution in [3.63, 3.8) is 0 Å². The Morgan fingerprint density at radius 2 is 0.473 bits per heavy atom. The highest BCUT2D eigenvalue weighted by molar-refractivity contribution is 5.71. The van der Waals surface area contributed by atoms with Crippen molar-refractivity contribution in [2.24, 2.45) is 17.8 Å². The van der Waals surface area contributed by atoms with E-state index in [0.717, 1.165) is 75.5 Å². The van der Waals surface area contributed by atoms with E-state index in [9.17, 15) is 14.4 Å². The van der Waals surface area contributed by atoms with Gasteiger partial charge in [0.15, 0.2) is 6.10 Å². The lowest BCUT2D eigenvalue weighted by atomic mass is 9.99. The smallest absolute Gasteiger partial charge is 0.306 e. The van der Waals surface area contributed by atoms with Gasteiger partial charge >= 0.3 is 17.9 Å². The van der Waals surface area contributed by atoms with Crippen LogP contribution in [0.3, 0.4) is 0 Å². The molecule has 2 atom stereocenters. The van der Waals surface area contributed by atoms with E-state index in [4.69, 9.17) is 14.2 Å². The maximum Gasteiger partial charge on any atom is 0.306 e. The van der Waals surface area contributed by atoms with Crippen LogP contribution in [0.25, 0.3) is 0 Å². The molecule has 6 nitrogen and oxygen atoms in total. The molecule has 0 aromatic heterocycles. The average Bonchev–Trinajstić information content (AvgIpc) is 3.38. The number of hydrogen-bond acceptors (Lipinski definition) is 6. The Bertz CT molecular complexity index is 1150. The summed E-state index contributed by atoms with van der Waals surface area (Å²) < 4.78 is 17.0. The zero-order valence-corrected chi connectivity index (χ0v) is 51.1. The number of ether oxygens (including phenoxy) is 3. The fourth-order valence-electron chi connectivity index (χ4n) is 10.6. The van der Waals surface area contributed by atoms with Gasteiger partial charge in [0.2, 0.25) is 0 Å². The van der Waals surface area contributed by atoms with Crippen LogP contribution in [-0.2, 0) is 28.6 Å². The topological polar surface area (TPSA) is 78.9 Å². The molecular formula is C68H132O6. The molecule has 0 heterocycles. The van der Waals surface area contributed by atoms with Crippen LogP contribution in [0, 0.1) is 17.8 Å². The Morgan fingerprint density at radius 1 is 0.270 bits per heavy atom. The van der Waals surface area contributed by atoms with E-state index in [0.29, 0.717) is 19.3 Å². The van der Waals surface area contributed by atoms with Gasteiger partial charge in [-0.1, -0.05) is 343 Å². The molecule has 0 aromatic rings. The molecule has 0 aliphatic heterocycles. The summed E-state index contributed by atoms with van der Waals surface area (Å²) in [6.45, 7) is 13.9. The summed E-state index contributed by atoms with van der Waals surface area (Å²) in [6.07, 6.45) is 65.3. The highest BCUT2D eigenvalue weighted by Crippen LogP contribution is 2.20. The van der Waals surface area contributed by atoms with Crippen molar-refractivity contribution in [3.8, 4) is 0 Å². The van der Waals surface area contributed by atoms with Gasteiger partial charge < -0.3 is 14.2 Å². The molecule has 0 spiro atoms. The van der Waals surface area contributed by atoms with E-state index in [-0.39, 0.29) is 31.1 Å². The monoisotopic (exact) mass is 1050 g/mol. The highest BCUT2D eigenvalue weighted by Gasteiger charge is 2.20. The maximum atomic E-state index is 12.9. The van der Waals surface area contributed by atoms with Gasteiger partial charge in [-0.2, -0.15) is 0 Å². The second-order valence-corrected chi connectivity index (χ2v) is 24.7. The van der Waals surface area contributed by atoms with Gasteiger partial charge in [0, 0.05) is 19.3 Å². The van der Waals surface area contributed by atoms with E-state index in [1.165, 1.54) is 263 Å². The molecule has 440 valence electrons. The van der Waals surface area contributed by atoms with Crippen molar-refractivity contribution in [1.29, 1.82) is 0 Å². The summed E-state index contributed by atoms with van der Waals surface area (Å²) in [4.78, 5) is 38.4. The predicted octanol–water partition coefficient (Wildman–Crippen LogP) is 22.6. The number of hydrogen-bond donors (Lipinski definition) is 0. The van der Waals surface area contributed by atoms with E-state index < -0.39 is 6.10 Å². The van der Waals surface area contributed by atoms with E-state index >= 15 is 0 Å². The van der Waals surface area contributed by atoms with Crippen LogP contribution in [0.4, 0.5) is 0 Å². The first kappa shape index (κ1) is 72.4. The highest BCUT2D eigenvalue weighted by atomic mass is 16.6. The minimum Gasteiger partial charge on any atom is -0.462 e. The second-order valence-electron chi connectivity index (χ2n) is 24.7. The standard InChI is InChI=1S/C68H132O6/c1-7-64(6)56-50-44-38-32-26-20-14-10-8-9-11-15-21-27-33-39-45-51-57-66(69)72-60-65(61-73-67(70)58-52-46-40-34-28-23-17-19-25-31-37-43-49-55-63(4)5)74-68(71)59-53-47-41-35-29-22-16-12-13-18-24-30-36-42-48-54-62(2)3/h62-65H,7-61H2,1-6H3/t64?,65-/m0/s1. The van der Waals surface area contributed by atoms with Crippen LogP contribution in [-0.4, -0.2) is 37.2 Å². The van der Waals surface area contributed by atoms with E-state index in [1.54, 1.807) is 0 Å². The van der Waals surface area contributed by atoms with E-state index in [2.05, 4.69) is 41.5 Å². The molecule has 0 fully saturated rings. The second kappa shape index (κ2) is 59.1. The minimum atomic E-state index is -0.765. The van der Waals surface area contributed by atoms with Gasteiger partial charge in [0.1, 0.15) is 13.2 Å². The third-order valence-corrected chi connectivity index (χ3v) is 16.0. The van der Waals surface area contributed by atoms with Crippen LogP contribution >= 0.6 is 0 Å². The molecule has 0 aliphatic carbocycles. The Kier molecular flexibility index (Phi) is 57.8. The number of carbonyl (C=O) groups excluding carboxylic acids is 3. The van der Waals surface area contributed by atoms with Gasteiger partial charge in [-0.05, 0) is 37.0 Å². The Morgan fingerprint density at radius 3 is 0.703 bits per heavy atom. The van der Waals surface area contributed by atoms with Gasteiger partial charge in [0.25, 0.3) is 0 Å². The van der Waals surface area contributed by atoms with Crippen molar-refractivity contribution in [2.45, 2.75) is 388 Å². The summed E-state index contributed by atoms with van der Waals surface area (Å²) in [5.74, 6) is 1.77. The molecule has 0 saturated carbocycles. The van der Waals surface area contributed by atoms with Crippen molar-refractivity contribution < 1.29 is 28.6 Å². The Hall–Kier alpha value is -1.59. The quantitative estimate of drug-likeness (QED) is 0.0343. The Balaban J connectivity index is 4.27. The average molecular weight is 1050 g/mol. The van der Waals surface area contributed by atoms with E-state index in [1.807, 2.05) is 0 Å². The van der Waals surface area contributed by atoms with Crippen molar-refractivity contribution >= 4 is 17.9 Å². The molecule has 0 saturated heterocycles. The van der Waals surface area contributed by atoms with Crippen LogP contribution in [0.5, 0.6) is 0 Å². The molecule has 0 rings (SSSR count). The molecule has 0 bridgehead atoms. The summed E-state index contributed by atoms with van der Waals surface area (Å²) >= 11 is 0. The molecule has 0 aromatic carbocycles. The summed E-state index contributed by atoms with van der Waals surface area (Å²) in [6, 6.07) is 0. The Labute approximate surface area is 463 Å². The molecule has 74 heavy (non-hydrogen) atoms. The fraction of sp³-hybridized carbons (Fsp3) is 0.956. The van der Waals surface area contributed by atoms with Crippen LogP contribution in [0.2, 0.25) is 0 Å².